The summed E-state index contributed by atoms with van der Waals surface area (Å²) >= 11 is 0. The van der Waals surface area contributed by atoms with Crippen LogP contribution in [0.15, 0.2) is 72.8 Å². The maximum absolute atomic E-state index is 12.4. The molecule has 0 saturated heterocycles. The second-order valence-corrected chi connectivity index (χ2v) is 8.01. The first kappa shape index (κ1) is 23.5. The van der Waals surface area contributed by atoms with Crippen LogP contribution >= 0.6 is 0 Å². The largest absolute Gasteiger partial charge is 0.376 e. The van der Waals surface area contributed by atoms with Gasteiger partial charge >= 0.3 is 0 Å². The highest BCUT2D eigenvalue weighted by Crippen LogP contribution is 2.16. The van der Waals surface area contributed by atoms with Gasteiger partial charge in [-0.15, -0.1) is 0 Å². The Morgan fingerprint density at radius 1 is 0.727 bits per heavy atom. The molecular weight excluding hydrogens is 416 g/mol. The van der Waals surface area contributed by atoms with Crippen LogP contribution in [0.2, 0.25) is 0 Å². The molecule has 0 heterocycles. The van der Waals surface area contributed by atoms with E-state index >= 15 is 0 Å². The smallest absolute Gasteiger partial charge is 0.255 e. The summed E-state index contributed by atoms with van der Waals surface area (Å²) in [5, 5.41) is 11.5. The van der Waals surface area contributed by atoms with E-state index in [1.165, 1.54) is 0 Å². The van der Waals surface area contributed by atoms with Crippen molar-refractivity contribution in [2.24, 2.45) is 0 Å². The van der Waals surface area contributed by atoms with Gasteiger partial charge in [0.1, 0.15) is 0 Å². The first-order valence-corrected chi connectivity index (χ1v) is 10.7. The molecule has 7 nitrogen and oxygen atoms in total. The summed E-state index contributed by atoms with van der Waals surface area (Å²) in [7, 11) is 0. The molecule has 0 saturated carbocycles. The molecule has 0 unspecified atom stereocenters. The third-order valence-corrected chi connectivity index (χ3v) is 4.70. The van der Waals surface area contributed by atoms with E-state index in [1.54, 1.807) is 54.6 Å². The minimum Gasteiger partial charge on any atom is -0.376 e. The molecule has 3 amide bonds. The van der Waals surface area contributed by atoms with Gasteiger partial charge in [-0.05, 0) is 75.4 Å². The second-order valence-electron chi connectivity index (χ2n) is 8.01. The highest BCUT2D eigenvalue weighted by molar-refractivity contribution is 6.04. The van der Waals surface area contributed by atoms with Crippen LogP contribution in [-0.4, -0.2) is 30.3 Å². The number of nitrogens with one attached hydrogen (secondary N) is 4. The minimum atomic E-state index is -0.233. The standard InChI is InChI=1S/C26H28N4O3/c1-17(2)28-25(32)20-8-5-9-23(15-20)27-16-24(31)29-21-10-12-22(13-11-21)30-26(33)19-7-4-6-18(3)14-19/h4-15,17,27H,16H2,1-3H3,(H,28,32)(H,29,31)(H,30,33). The van der Waals surface area contributed by atoms with Crippen LogP contribution in [0.1, 0.15) is 40.1 Å². The van der Waals surface area contributed by atoms with Crippen LogP contribution in [0.3, 0.4) is 0 Å². The average molecular weight is 445 g/mol. The summed E-state index contributed by atoms with van der Waals surface area (Å²) in [6, 6.07) is 21.3. The molecule has 0 radical (unpaired) electrons. The van der Waals surface area contributed by atoms with Gasteiger partial charge in [0.15, 0.2) is 0 Å². The molecule has 0 aliphatic heterocycles. The monoisotopic (exact) mass is 444 g/mol. The van der Waals surface area contributed by atoms with Gasteiger partial charge in [0.25, 0.3) is 11.8 Å². The second kappa shape index (κ2) is 10.9. The van der Waals surface area contributed by atoms with E-state index in [-0.39, 0.29) is 30.3 Å². The van der Waals surface area contributed by atoms with Crippen molar-refractivity contribution in [3.63, 3.8) is 0 Å². The zero-order valence-corrected chi connectivity index (χ0v) is 18.9. The molecule has 4 N–H and O–H groups in total. The van der Waals surface area contributed by atoms with Crippen LogP contribution in [0.25, 0.3) is 0 Å². The first-order chi connectivity index (χ1) is 15.8. The van der Waals surface area contributed by atoms with E-state index in [9.17, 15) is 14.4 Å². The van der Waals surface area contributed by atoms with Crippen LogP contribution in [0, 0.1) is 6.92 Å². The van der Waals surface area contributed by atoms with Gasteiger partial charge in [-0.25, -0.2) is 0 Å². The van der Waals surface area contributed by atoms with Gasteiger partial charge in [0, 0.05) is 34.2 Å². The fraction of sp³-hybridized carbons (Fsp3) is 0.192. The minimum absolute atomic E-state index is 0.0428. The molecule has 7 heteroatoms. The summed E-state index contributed by atoms with van der Waals surface area (Å²) in [6.45, 7) is 5.77. The molecule has 33 heavy (non-hydrogen) atoms. The Kier molecular flexibility index (Phi) is 7.81. The van der Waals surface area contributed by atoms with Crippen molar-refractivity contribution < 1.29 is 14.4 Å². The SMILES string of the molecule is Cc1cccc(C(=O)Nc2ccc(NC(=O)CNc3cccc(C(=O)NC(C)C)c3)cc2)c1. The summed E-state index contributed by atoms with van der Waals surface area (Å²) in [6.07, 6.45) is 0. The number of carbonyl (C=O) groups is 3. The lowest BCUT2D eigenvalue weighted by Crippen LogP contribution is -2.30. The summed E-state index contributed by atoms with van der Waals surface area (Å²) < 4.78 is 0. The molecular formula is C26H28N4O3. The fourth-order valence-electron chi connectivity index (χ4n) is 3.13. The number of rotatable bonds is 8. The van der Waals surface area contributed by atoms with Crippen LogP contribution in [0.5, 0.6) is 0 Å². The Hall–Kier alpha value is -4.13. The predicted molar refractivity (Wildman–Crippen MR) is 132 cm³/mol. The lowest BCUT2D eigenvalue weighted by atomic mass is 10.1. The lowest BCUT2D eigenvalue weighted by Gasteiger charge is -2.11. The summed E-state index contributed by atoms with van der Waals surface area (Å²) in [4.78, 5) is 36.8. The van der Waals surface area contributed by atoms with E-state index < -0.39 is 0 Å². The maximum Gasteiger partial charge on any atom is 0.255 e. The zero-order chi connectivity index (χ0) is 23.8. The van der Waals surface area contributed by atoms with E-state index in [2.05, 4.69) is 21.3 Å². The molecule has 0 aliphatic carbocycles. The number of anilines is 3. The third-order valence-electron chi connectivity index (χ3n) is 4.70. The Morgan fingerprint density at radius 2 is 1.33 bits per heavy atom. The summed E-state index contributed by atoms with van der Waals surface area (Å²) in [5.41, 5.74) is 4.05. The van der Waals surface area contributed by atoms with Crippen molar-refractivity contribution in [2.45, 2.75) is 26.8 Å². The van der Waals surface area contributed by atoms with Crippen molar-refractivity contribution in [1.29, 1.82) is 0 Å². The van der Waals surface area contributed by atoms with Crippen LogP contribution in [-0.2, 0) is 4.79 Å². The number of amides is 3. The molecule has 0 atom stereocenters. The number of benzene rings is 3. The lowest BCUT2D eigenvalue weighted by molar-refractivity contribution is -0.114. The molecule has 0 aliphatic rings. The first-order valence-electron chi connectivity index (χ1n) is 10.7. The normalized spacial score (nSPS) is 10.4. The Morgan fingerprint density at radius 3 is 1.97 bits per heavy atom. The Labute approximate surface area is 193 Å². The molecule has 0 aromatic heterocycles. The topological polar surface area (TPSA) is 99.3 Å². The highest BCUT2D eigenvalue weighted by Gasteiger charge is 2.09. The summed E-state index contributed by atoms with van der Waals surface area (Å²) in [5.74, 6) is -0.583. The fourth-order valence-corrected chi connectivity index (χ4v) is 3.13. The van der Waals surface area contributed by atoms with Crippen molar-refractivity contribution in [3.05, 3.63) is 89.5 Å². The zero-order valence-electron chi connectivity index (χ0n) is 18.9. The molecule has 0 fully saturated rings. The number of carbonyl (C=O) groups excluding carboxylic acids is 3. The van der Waals surface area contributed by atoms with Gasteiger partial charge in [-0.3, -0.25) is 14.4 Å². The number of aryl methyl sites for hydroxylation is 1. The van der Waals surface area contributed by atoms with Gasteiger partial charge in [-0.1, -0.05) is 23.8 Å². The molecule has 0 spiro atoms. The van der Waals surface area contributed by atoms with E-state index in [4.69, 9.17) is 0 Å². The van der Waals surface area contributed by atoms with Crippen molar-refractivity contribution >= 4 is 34.8 Å². The molecule has 3 aromatic carbocycles. The van der Waals surface area contributed by atoms with E-state index in [0.29, 0.717) is 28.2 Å². The van der Waals surface area contributed by atoms with Crippen LogP contribution < -0.4 is 21.3 Å². The molecule has 3 aromatic rings. The number of hydrogen-bond acceptors (Lipinski definition) is 4. The average Bonchev–Trinajstić information content (AvgIpc) is 2.79. The maximum atomic E-state index is 12.4. The van der Waals surface area contributed by atoms with Crippen molar-refractivity contribution in [1.82, 2.24) is 5.32 Å². The highest BCUT2D eigenvalue weighted by atomic mass is 16.2. The Bertz CT molecular complexity index is 1140. The van der Waals surface area contributed by atoms with E-state index in [0.717, 1.165) is 5.56 Å². The van der Waals surface area contributed by atoms with Gasteiger partial charge < -0.3 is 21.3 Å². The van der Waals surface area contributed by atoms with Crippen molar-refractivity contribution in [3.8, 4) is 0 Å². The molecule has 170 valence electrons. The van der Waals surface area contributed by atoms with Gasteiger partial charge in [-0.2, -0.15) is 0 Å². The quantitative estimate of drug-likeness (QED) is 0.413. The van der Waals surface area contributed by atoms with Crippen LogP contribution in [0.4, 0.5) is 17.1 Å². The number of hydrogen-bond donors (Lipinski definition) is 4. The van der Waals surface area contributed by atoms with Gasteiger partial charge in [0.2, 0.25) is 5.91 Å². The third kappa shape index (κ3) is 7.21. The molecule has 3 rings (SSSR count). The van der Waals surface area contributed by atoms with E-state index in [1.807, 2.05) is 39.0 Å². The molecule has 0 bridgehead atoms. The van der Waals surface area contributed by atoms with Gasteiger partial charge in [0.05, 0.1) is 6.54 Å². The van der Waals surface area contributed by atoms with Crippen molar-refractivity contribution in [2.75, 3.05) is 22.5 Å². The Balaban J connectivity index is 1.51. The predicted octanol–water partition coefficient (Wildman–Crippen LogP) is 4.44.